The molecule has 0 aromatic heterocycles. The Labute approximate surface area is 232 Å². The van der Waals surface area contributed by atoms with E-state index in [4.69, 9.17) is 4.74 Å². The quantitative estimate of drug-likeness (QED) is 0.255. The van der Waals surface area contributed by atoms with Gasteiger partial charge in [-0.1, -0.05) is 85.1 Å². The molecular weight excluding hydrogens is 492 g/mol. The highest BCUT2D eigenvalue weighted by atomic mass is 32.2. The Morgan fingerprint density at radius 1 is 0.921 bits per heavy atom. The van der Waals surface area contributed by atoms with Gasteiger partial charge in [-0.3, -0.25) is 9.59 Å². The van der Waals surface area contributed by atoms with E-state index in [0.29, 0.717) is 25.3 Å². The molecule has 0 saturated carbocycles. The molecule has 0 fully saturated rings. The van der Waals surface area contributed by atoms with E-state index < -0.39 is 6.04 Å². The van der Waals surface area contributed by atoms with Gasteiger partial charge < -0.3 is 15.0 Å². The van der Waals surface area contributed by atoms with Crippen LogP contribution in [0.1, 0.15) is 47.6 Å². The van der Waals surface area contributed by atoms with Crippen LogP contribution in [0.25, 0.3) is 0 Å². The van der Waals surface area contributed by atoms with Gasteiger partial charge in [0, 0.05) is 25.3 Å². The van der Waals surface area contributed by atoms with Crippen LogP contribution in [0, 0.1) is 13.8 Å². The number of rotatable bonds is 14. The Morgan fingerprint density at radius 2 is 1.63 bits per heavy atom. The van der Waals surface area contributed by atoms with Gasteiger partial charge in [-0.15, -0.1) is 11.8 Å². The van der Waals surface area contributed by atoms with E-state index in [2.05, 4.69) is 44.3 Å². The molecule has 2 amide bonds. The minimum atomic E-state index is -0.616. The van der Waals surface area contributed by atoms with Crippen molar-refractivity contribution in [3.8, 4) is 5.75 Å². The SMILES string of the molecule is CCCCNC(=O)[C@@H](Cc1ccccc1)N(Cc1cccc(OC)c1)C(=O)CSCc1cc(C)cc(C)c1. The topological polar surface area (TPSA) is 58.6 Å². The normalized spacial score (nSPS) is 11.6. The molecule has 0 aliphatic heterocycles. The van der Waals surface area contributed by atoms with Crippen LogP contribution in [0.15, 0.2) is 72.8 Å². The molecule has 0 bridgehead atoms. The number of nitrogens with one attached hydrogen (secondary N) is 1. The fraction of sp³-hybridized carbons (Fsp3) is 0.375. The van der Waals surface area contributed by atoms with Crippen molar-refractivity contribution in [1.29, 1.82) is 0 Å². The first-order valence-corrected chi connectivity index (χ1v) is 14.4. The van der Waals surface area contributed by atoms with Gasteiger partial charge in [-0.25, -0.2) is 0 Å². The highest BCUT2D eigenvalue weighted by Crippen LogP contribution is 2.21. The number of carbonyl (C=O) groups excluding carboxylic acids is 2. The van der Waals surface area contributed by atoms with E-state index in [1.165, 1.54) is 16.7 Å². The lowest BCUT2D eigenvalue weighted by Crippen LogP contribution is -2.51. The molecule has 3 rings (SSSR count). The van der Waals surface area contributed by atoms with Crippen molar-refractivity contribution in [2.24, 2.45) is 0 Å². The molecule has 6 heteroatoms. The molecule has 1 N–H and O–H groups in total. The third kappa shape index (κ3) is 9.25. The Balaban J connectivity index is 1.85. The van der Waals surface area contributed by atoms with Crippen molar-refractivity contribution < 1.29 is 14.3 Å². The summed E-state index contributed by atoms with van der Waals surface area (Å²) < 4.78 is 5.41. The van der Waals surface area contributed by atoms with Crippen molar-refractivity contribution in [2.45, 2.75) is 58.4 Å². The van der Waals surface area contributed by atoms with Crippen LogP contribution in [0.2, 0.25) is 0 Å². The zero-order valence-electron chi connectivity index (χ0n) is 23.0. The molecule has 38 heavy (non-hydrogen) atoms. The van der Waals surface area contributed by atoms with Crippen LogP contribution in [-0.2, 0) is 28.3 Å². The Hall–Kier alpha value is -3.25. The molecule has 0 aliphatic rings. The van der Waals surface area contributed by atoms with E-state index in [9.17, 15) is 9.59 Å². The molecule has 5 nitrogen and oxygen atoms in total. The second kappa shape index (κ2) is 15.2. The Morgan fingerprint density at radius 3 is 2.32 bits per heavy atom. The summed E-state index contributed by atoms with van der Waals surface area (Å²) in [5, 5.41) is 3.08. The fourth-order valence-corrected chi connectivity index (χ4v) is 5.36. The van der Waals surface area contributed by atoms with Crippen LogP contribution < -0.4 is 10.1 Å². The summed E-state index contributed by atoms with van der Waals surface area (Å²) in [5.74, 6) is 1.61. The molecule has 3 aromatic carbocycles. The number of nitrogens with zero attached hydrogens (tertiary/aromatic N) is 1. The lowest BCUT2D eigenvalue weighted by atomic mass is 10.0. The number of hydrogen-bond donors (Lipinski definition) is 1. The zero-order valence-corrected chi connectivity index (χ0v) is 23.9. The van der Waals surface area contributed by atoms with Gasteiger partial charge in [0.05, 0.1) is 12.9 Å². The maximum atomic E-state index is 13.8. The molecule has 3 aromatic rings. The van der Waals surface area contributed by atoms with Crippen molar-refractivity contribution >= 4 is 23.6 Å². The van der Waals surface area contributed by atoms with Gasteiger partial charge in [0.15, 0.2) is 0 Å². The number of methoxy groups -OCH3 is 1. The van der Waals surface area contributed by atoms with Gasteiger partial charge in [0.25, 0.3) is 0 Å². The second-order valence-electron chi connectivity index (χ2n) is 9.71. The molecule has 0 saturated heterocycles. The number of ether oxygens (including phenoxy) is 1. The first kappa shape index (κ1) is 29.3. The summed E-state index contributed by atoms with van der Waals surface area (Å²) >= 11 is 1.59. The molecule has 0 aliphatic carbocycles. The fourth-order valence-electron chi connectivity index (χ4n) is 4.52. The van der Waals surface area contributed by atoms with Crippen molar-refractivity contribution in [2.75, 3.05) is 19.4 Å². The minimum absolute atomic E-state index is 0.0474. The Bertz CT molecular complexity index is 1160. The predicted molar refractivity (Wildman–Crippen MR) is 157 cm³/mol. The first-order valence-electron chi connectivity index (χ1n) is 13.3. The number of amides is 2. The van der Waals surface area contributed by atoms with Crippen molar-refractivity contribution in [3.63, 3.8) is 0 Å². The molecule has 0 spiro atoms. The summed E-state index contributed by atoms with van der Waals surface area (Å²) in [7, 11) is 1.63. The van der Waals surface area contributed by atoms with Crippen LogP contribution in [-0.4, -0.2) is 42.2 Å². The molecule has 1 atom stereocenters. The van der Waals surface area contributed by atoms with E-state index >= 15 is 0 Å². The monoisotopic (exact) mass is 532 g/mol. The third-order valence-corrected chi connectivity index (χ3v) is 7.35. The van der Waals surface area contributed by atoms with Crippen LogP contribution in [0.4, 0.5) is 0 Å². The highest BCUT2D eigenvalue weighted by molar-refractivity contribution is 7.99. The predicted octanol–water partition coefficient (Wildman–Crippen LogP) is 6.10. The van der Waals surface area contributed by atoms with E-state index in [1.807, 2.05) is 54.6 Å². The number of hydrogen-bond acceptors (Lipinski definition) is 4. The van der Waals surface area contributed by atoms with Gasteiger partial charge in [-0.2, -0.15) is 0 Å². The number of carbonyl (C=O) groups is 2. The van der Waals surface area contributed by atoms with Gasteiger partial charge >= 0.3 is 0 Å². The molecule has 0 radical (unpaired) electrons. The van der Waals surface area contributed by atoms with Crippen molar-refractivity contribution in [3.05, 3.63) is 101 Å². The van der Waals surface area contributed by atoms with Crippen LogP contribution in [0.5, 0.6) is 5.75 Å². The molecular formula is C32H40N2O3S. The van der Waals surface area contributed by atoms with E-state index in [-0.39, 0.29) is 11.8 Å². The molecule has 0 unspecified atom stereocenters. The van der Waals surface area contributed by atoms with Crippen LogP contribution >= 0.6 is 11.8 Å². The van der Waals surface area contributed by atoms with Gasteiger partial charge in [-0.05, 0) is 49.1 Å². The van der Waals surface area contributed by atoms with Crippen molar-refractivity contribution in [1.82, 2.24) is 10.2 Å². The molecule has 0 heterocycles. The lowest BCUT2D eigenvalue weighted by molar-refractivity contribution is -0.139. The smallest absolute Gasteiger partial charge is 0.243 e. The lowest BCUT2D eigenvalue weighted by Gasteiger charge is -2.31. The first-order chi connectivity index (χ1) is 18.4. The minimum Gasteiger partial charge on any atom is -0.497 e. The number of thioether (sulfide) groups is 1. The Kier molecular flexibility index (Phi) is 11.7. The number of aryl methyl sites for hydroxylation is 2. The maximum absolute atomic E-state index is 13.8. The standard InChI is InChI=1S/C32H40N2O3S/c1-5-6-15-33-32(36)30(20-26-11-8-7-9-12-26)34(21-27-13-10-14-29(19-27)37-4)31(35)23-38-22-28-17-24(2)16-25(3)18-28/h7-14,16-19,30H,5-6,15,20-23H2,1-4H3,(H,33,36)/t30-/m1/s1. The summed E-state index contributed by atoms with van der Waals surface area (Å²) in [6, 6.07) is 23.5. The summed E-state index contributed by atoms with van der Waals surface area (Å²) in [6.07, 6.45) is 2.35. The summed E-state index contributed by atoms with van der Waals surface area (Å²) in [5.41, 5.74) is 5.60. The zero-order chi connectivity index (χ0) is 27.3. The highest BCUT2D eigenvalue weighted by Gasteiger charge is 2.30. The molecule has 202 valence electrons. The van der Waals surface area contributed by atoms with Gasteiger partial charge in [0.1, 0.15) is 11.8 Å². The van der Waals surface area contributed by atoms with Gasteiger partial charge in [0.2, 0.25) is 11.8 Å². The van der Waals surface area contributed by atoms with E-state index in [1.54, 1.807) is 23.8 Å². The number of unbranched alkanes of at least 4 members (excludes halogenated alkanes) is 1. The third-order valence-electron chi connectivity index (χ3n) is 6.36. The van der Waals surface area contributed by atoms with E-state index in [0.717, 1.165) is 35.5 Å². The average Bonchev–Trinajstić information content (AvgIpc) is 2.90. The average molecular weight is 533 g/mol. The number of benzene rings is 3. The largest absolute Gasteiger partial charge is 0.497 e. The second-order valence-corrected chi connectivity index (χ2v) is 10.7. The van der Waals surface area contributed by atoms with Crippen LogP contribution in [0.3, 0.4) is 0 Å². The summed E-state index contributed by atoms with van der Waals surface area (Å²) in [6.45, 7) is 7.21. The maximum Gasteiger partial charge on any atom is 0.243 e. The summed E-state index contributed by atoms with van der Waals surface area (Å²) in [4.78, 5) is 29.0.